The number of hydrogen-bond acceptors (Lipinski definition) is 4. The van der Waals surface area contributed by atoms with Gasteiger partial charge < -0.3 is 21.2 Å². The SMILES string of the molecule is C=O.CCCNCCNCCN. The van der Waals surface area contributed by atoms with E-state index in [9.17, 15) is 0 Å². The zero-order valence-corrected chi connectivity index (χ0v) is 7.94. The zero-order chi connectivity index (χ0) is 9.66. The van der Waals surface area contributed by atoms with Crippen LogP contribution in [0, 0.1) is 0 Å². The largest absolute Gasteiger partial charge is 0.329 e. The van der Waals surface area contributed by atoms with Gasteiger partial charge in [-0.1, -0.05) is 6.92 Å². The monoisotopic (exact) mass is 175 g/mol. The number of rotatable bonds is 7. The maximum absolute atomic E-state index is 8.00. The fourth-order valence-electron chi connectivity index (χ4n) is 0.706. The van der Waals surface area contributed by atoms with E-state index in [-0.39, 0.29) is 0 Å². The molecular weight excluding hydrogens is 154 g/mol. The molecule has 0 heterocycles. The third-order valence-electron chi connectivity index (χ3n) is 1.23. The van der Waals surface area contributed by atoms with E-state index in [2.05, 4.69) is 17.6 Å². The van der Waals surface area contributed by atoms with Crippen LogP contribution in [0.1, 0.15) is 13.3 Å². The summed E-state index contributed by atoms with van der Waals surface area (Å²) in [4.78, 5) is 8.00. The highest BCUT2D eigenvalue weighted by molar-refractivity contribution is 5.10. The molecule has 0 aliphatic rings. The maximum Gasteiger partial charge on any atom is 0.106 e. The average Bonchev–Trinajstić information content (AvgIpc) is 2.15. The molecule has 0 saturated heterocycles. The molecule has 0 rings (SSSR count). The highest BCUT2D eigenvalue weighted by Crippen LogP contribution is 1.67. The Bertz CT molecular complexity index is 63.3. The fraction of sp³-hybridized carbons (Fsp3) is 0.875. The predicted molar refractivity (Wildman–Crippen MR) is 52.2 cm³/mol. The lowest BCUT2D eigenvalue weighted by atomic mass is 10.4. The van der Waals surface area contributed by atoms with Crippen LogP contribution in [0.4, 0.5) is 0 Å². The van der Waals surface area contributed by atoms with E-state index >= 15 is 0 Å². The smallest absolute Gasteiger partial charge is 0.106 e. The van der Waals surface area contributed by atoms with E-state index in [1.807, 2.05) is 6.79 Å². The number of hydrogen-bond donors (Lipinski definition) is 3. The van der Waals surface area contributed by atoms with Crippen LogP contribution in [0.15, 0.2) is 0 Å². The molecule has 0 aromatic carbocycles. The Hall–Kier alpha value is -0.450. The summed E-state index contributed by atoms with van der Waals surface area (Å²) in [5.74, 6) is 0. The zero-order valence-electron chi connectivity index (χ0n) is 7.94. The Balaban J connectivity index is 0. The van der Waals surface area contributed by atoms with Gasteiger partial charge in [0.05, 0.1) is 0 Å². The molecule has 0 saturated carbocycles. The summed E-state index contributed by atoms with van der Waals surface area (Å²) in [5, 5.41) is 6.50. The summed E-state index contributed by atoms with van der Waals surface area (Å²) in [6, 6.07) is 0. The van der Waals surface area contributed by atoms with Gasteiger partial charge in [-0.05, 0) is 13.0 Å². The van der Waals surface area contributed by atoms with Crippen LogP contribution in [-0.4, -0.2) is 39.5 Å². The van der Waals surface area contributed by atoms with E-state index < -0.39 is 0 Å². The predicted octanol–water partition coefficient (Wildman–Crippen LogP) is -0.651. The Morgan fingerprint density at radius 2 is 1.58 bits per heavy atom. The van der Waals surface area contributed by atoms with E-state index in [0.717, 1.165) is 32.7 Å². The first-order chi connectivity index (χ1) is 5.91. The van der Waals surface area contributed by atoms with E-state index in [0.29, 0.717) is 0 Å². The van der Waals surface area contributed by atoms with Crippen molar-refractivity contribution in [2.45, 2.75) is 13.3 Å². The lowest BCUT2D eigenvalue weighted by molar-refractivity contribution is -0.0979. The minimum Gasteiger partial charge on any atom is -0.329 e. The van der Waals surface area contributed by atoms with E-state index in [1.54, 1.807) is 0 Å². The number of nitrogens with two attached hydrogens (primary N) is 1. The number of carbonyl (C=O) groups excluding carboxylic acids is 1. The van der Waals surface area contributed by atoms with Gasteiger partial charge in [0.15, 0.2) is 0 Å². The highest BCUT2D eigenvalue weighted by atomic mass is 16.1. The van der Waals surface area contributed by atoms with Gasteiger partial charge in [-0.2, -0.15) is 0 Å². The minimum atomic E-state index is 0.730. The average molecular weight is 175 g/mol. The molecule has 0 amide bonds. The molecule has 0 aliphatic carbocycles. The lowest BCUT2D eigenvalue weighted by Crippen LogP contribution is -2.30. The van der Waals surface area contributed by atoms with Crippen molar-refractivity contribution < 1.29 is 4.79 Å². The summed E-state index contributed by atoms with van der Waals surface area (Å²) in [6.45, 7) is 9.01. The van der Waals surface area contributed by atoms with Crippen molar-refractivity contribution in [1.82, 2.24) is 10.6 Å². The summed E-state index contributed by atoms with van der Waals surface area (Å²) in [7, 11) is 0. The topological polar surface area (TPSA) is 67.2 Å². The van der Waals surface area contributed by atoms with Crippen molar-refractivity contribution in [2.24, 2.45) is 5.73 Å². The summed E-state index contributed by atoms with van der Waals surface area (Å²) < 4.78 is 0. The van der Waals surface area contributed by atoms with Crippen molar-refractivity contribution in [1.29, 1.82) is 0 Å². The normalized spacial score (nSPS) is 8.83. The minimum absolute atomic E-state index is 0.730. The molecule has 4 heteroatoms. The molecule has 4 nitrogen and oxygen atoms in total. The van der Waals surface area contributed by atoms with Crippen LogP contribution in [0.5, 0.6) is 0 Å². The van der Waals surface area contributed by atoms with Gasteiger partial charge in [-0.25, -0.2) is 0 Å². The molecule has 0 bridgehead atoms. The second kappa shape index (κ2) is 16.9. The summed E-state index contributed by atoms with van der Waals surface area (Å²) in [5.41, 5.74) is 5.29. The summed E-state index contributed by atoms with van der Waals surface area (Å²) >= 11 is 0. The van der Waals surface area contributed by atoms with Gasteiger partial charge in [0.1, 0.15) is 6.79 Å². The van der Waals surface area contributed by atoms with Crippen molar-refractivity contribution in [3.63, 3.8) is 0 Å². The molecule has 0 atom stereocenters. The molecule has 0 unspecified atom stereocenters. The molecule has 0 radical (unpaired) electrons. The molecule has 0 spiro atoms. The van der Waals surface area contributed by atoms with Crippen molar-refractivity contribution in [3.05, 3.63) is 0 Å². The first-order valence-electron chi connectivity index (χ1n) is 4.32. The Morgan fingerprint density at radius 3 is 2.00 bits per heavy atom. The molecule has 0 aromatic heterocycles. The first kappa shape index (κ1) is 14.1. The van der Waals surface area contributed by atoms with Gasteiger partial charge in [0.25, 0.3) is 0 Å². The molecule has 74 valence electrons. The standard InChI is InChI=1S/C7H19N3.CH2O/c1-2-4-9-6-7-10-5-3-8;1-2/h9-10H,2-8H2,1H3;1H2. The van der Waals surface area contributed by atoms with Crippen LogP contribution < -0.4 is 16.4 Å². The molecule has 0 aliphatic heterocycles. The first-order valence-corrected chi connectivity index (χ1v) is 4.32. The Morgan fingerprint density at radius 1 is 1.08 bits per heavy atom. The van der Waals surface area contributed by atoms with Gasteiger partial charge >= 0.3 is 0 Å². The highest BCUT2D eigenvalue weighted by Gasteiger charge is 1.83. The third-order valence-corrected chi connectivity index (χ3v) is 1.23. The molecule has 12 heavy (non-hydrogen) atoms. The van der Waals surface area contributed by atoms with Crippen LogP contribution >= 0.6 is 0 Å². The van der Waals surface area contributed by atoms with Crippen LogP contribution in [0.25, 0.3) is 0 Å². The second-order valence-corrected chi connectivity index (χ2v) is 2.29. The quantitative estimate of drug-likeness (QED) is 0.450. The number of nitrogens with one attached hydrogen (secondary N) is 2. The Labute approximate surface area is 74.9 Å². The molecule has 4 N–H and O–H groups in total. The van der Waals surface area contributed by atoms with Crippen molar-refractivity contribution >= 4 is 6.79 Å². The number of carbonyl (C=O) groups is 1. The maximum atomic E-state index is 8.00. The van der Waals surface area contributed by atoms with E-state index in [1.165, 1.54) is 6.42 Å². The van der Waals surface area contributed by atoms with Gasteiger partial charge in [-0.15, -0.1) is 0 Å². The second-order valence-electron chi connectivity index (χ2n) is 2.29. The molecular formula is C8H21N3O. The summed E-state index contributed by atoms with van der Waals surface area (Å²) in [6.07, 6.45) is 1.21. The van der Waals surface area contributed by atoms with E-state index in [4.69, 9.17) is 10.5 Å². The van der Waals surface area contributed by atoms with Crippen LogP contribution in [-0.2, 0) is 4.79 Å². The fourth-order valence-corrected chi connectivity index (χ4v) is 0.706. The van der Waals surface area contributed by atoms with Gasteiger partial charge in [-0.3, -0.25) is 0 Å². The van der Waals surface area contributed by atoms with Gasteiger partial charge in [0, 0.05) is 26.2 Å². The van der Waals surface area contributed by atoms with Gasteiger partial charge in [0.2, 0.25) is 0 Å². The lowest BCUT2D eigenvalue weighted by Gasteiger charge is -2.03. The molecule has 0 aromatic rings. The Kier molecular flexibility index (Phi) is 19.8. The van der Waals surface area contributed by atoms with Crippen LogP contribution in [0.2, 0.25) is 0 Å². The van der Waals surface area contributed by atoms with Crippen LogP contribution in [0.3, 0.4) is 0 Å². The third kappa shape index (κ3) is 16.3. The van der Waals surface area contributed by atoms with Crippen molar-refractivity contribution in [3.8, 4) is 0 Å². The van der Waals surface area contributed by atoms with Crippen molar-refractivity contribution in [2.75, 3.05) is 32.7 Å². The molecule has 0 fully saturated rings.